The Hall–Kier alpha value is -2.28. The predicted octanol–water partition coefficient (Wildman–Crippen LogP) is 0.514. The van der Waals surface area contributed by atoms with Gasteiger partial charge in [-0.25, -0.2) is 4.79 Å². The van der Waals surface area contributed by atoms with E-state index in [1.165, 1.54) is 0 Å². The summed E-state index contributed by atoms with van der Waals surface area (Å²) in [6.45, 7) is -0.230. The third-order valence-electron chi connectivity index (χ3n) is 1.65. The van der Waals surface area contributed by atoms with Crippen LogP contribution in [0.5, 0.6) is 0 Å². The topological polar surface area (TPSA) is 122 Å². The van der Waals surface area contributed by atoms with Crippen LogP contribution in [0.3, 0.4) is 0 Å². The number of hydrogen-bond donors (Lipinski definition) is 0. The van der Waals surface area contributed by atoms with Gasteiger partial charge in [0.05, 0.1) is 6.54 Å². The molecule has 0 unspecified atom stereocenters. The van der Waals surface area contributed by atoms with Crippen molar-refractivity contribution < 1.29 is 24.0 Å². The zero-order valence-electron chi connectivity index (χ0n) is 8.16. The molecule has 0 bridgehead atoms. The van der Waals surface area contributed by atoms with E-state index in [-0.39, 0.29) is 26.0 Å². The third-order valence-corrected chi connectivity index (χ3v) is 1.65. The van der Waals surface area contributed by atoms with Gasteiger partial charge in [0.1, 0.15) is 6.61 Å². The third kappa shape index (κ3) is 3.14. The number of rotatable bonds is 4. The maximum atomic E-state index is 11.0. The van der Waals surface area contributed by atoms with Crippen LogP contribution in [0.25, 0.3) is 10.4 Å². The second-order valence-electron chi connectivity index (χ2n) is 2.73. The van der Waals surface area contributed by atoms with Crippen LogP contribution in [0.2, 0.25) is 0 Å². The lowest BCUT2D eigenvalue weighted by Crippen LogP contribution is -2.32. The molecular weight excluding hydrogens is 220 g/mol. The van der Waals surface area contributed by atoms with E-state index in [1.54, 1.807) is 0 Å². The largest absolute Gasteiger partial charge is 0.533 e. The number of imide groups is 1. The fraction of sp³-hybridized carbons (Fsp3) is 0.571. The summed E-state index contributed by atoms with van der Waals surface area (Å²) in [6, 6.07) is 0. The minimum atomic E-state index is -1.18. The van der Waals surface area contributed by atoms with Crippen molar-refractivity contribution in [1.29, 1.82) is 0 Å². The van der Waals surface area contributed by atoms with E-state index >= 15 is 0 Å². The molecule has 1 rings (SSSR count). The molecule has 0 N–H and O–H groups in total. The Bertz CT molecular complexity index is 346. The number of carbonyl (C=O) groups is 3. The number of carbonyl (C=O) groups excluding carboxylic acids is 3. The SMILES string of the molecule is [N-]=[N+]=NCCOC(=O)ON1C(=O)CCC1=O. The number of amides is 2. The Kier molecular flexibility index (Phi) is 4.10. The zero-order chi connectivity index (χ0) is 12.0. The highest BCUT2D eigenvalue weighted by molar-refractivity contribution is 6.01. The molecule has 0 aliphatic carbocycles. The molecule has 86 valence electrons. The minimum absolute atomic E-state index is 0.0187. The van der Waals surface area contributed by atoms with Gasteiger partial charge in [-0.3, -0.25) is 14.4 Å². The van der Waals surface area contributed by atoms with E-state index in [0.717, 1.165) is 0 Å². The first-order valence-electron chi connectivity index (χ1n) is 4.36. The Morgan fingerprint density at radius 2 is 2.06 bits per heavy atom. The second-order valence-corrected chi connectivity index (χ2v) is 2.73. The number of azide groups is 1. The average Bonchev–Trinajstić information content (AvgIpc) is 2.56. The van der Waals surface area contributed by atoms with Gasteiger partial charge in [-0.1, -0.05) is 10.2 Å². The second kappa shape index (κ2) is 5.56. The molecule has 1 fully saturated rings. The van der Waals surface area contributed by atoms with Crippen LogP contribution in [-0.4, -0.2) is 36.2 Å². The highest BCUT2D eigenvalue weighted by atomic mass is 16.8. The first-order chi connectivity index (χ1) is 7.65. The number of nitrogens with zero attached hydrogens (tertiary/aromatic N) is 4. The fourth-order valence-electron chi connectivity index (χ4n) is 0.973. The van der Waals surface area contributed by atoms with Crippen molar-refractivity contribution in [2.45, 2.75) is 12.8 Å². The molecule has 2 amide bonds. The van der Waals surface area contributed by atoms with Crippen molar-refractivity contribution in [3.05, 3.63) is 10.4 Å². The van der Waals surface area contributed by atoms with Gasteiger partial charge in [-0.2, -0.15) is 0 Å². The summed E-state index contributed by atoms with van der Waals surface area (Å²) in [4.78, 5) is 39.7. The molecule has 0 atom stereocenters. The molecule has 0 aromatic carbocycles. The van der Waals surface area contributed by atoms with Crippen LogP contribution in [0.15, 0.2) is 5.11 Å². The van der Waals surface area contributed by atoms with Gasteiger partial charge < -0.3 is 4.74 Å². The summed E-state index contributed by atoms with van der Waals surface area (Å²) in [5.41, 5.74) is 7.92. The highest BCUT2D eigenvalue weighted by Gasteiger charge is 2.33. The number of ether oxygens (including phenoxy) is 1. The van der Waals surface area contributed by atoms with Crippen molar-refractivity contribution in [3.63, 3.8) is 0 Å². The van der Waals surface area contributed by atoms with E-state index in [9.17, 15) is 14.4 Å². The number of hydrogen-bond acceptors (Lipinski definition) is 6. The maximum Gasteiger partial charge on any atom is 0.533 e. The maximum absolute atomic E-state index is 11.0. The smallest absolute Gasteiger partial charge is 0.433 e. The van der Waals surface area contributed by atoms with E-state index in [1.807, 2.05) is 0 Å². The van der Waals surface area contributed by atoms with Gasteiger partial charge in [0, 0.05) is 17.8 Å². The predicted molar refractivity (Wildman–Crippen MR) is 47.5 cm³/mol. The molecule has 0 aromatic rings. The molecule has 1 aliphatic rings. The first-order valence-corrected chi connectivity index (χ1v) is 4.36. The van der Waals surface area contributed by atoms with Gasteiger partial charge >= 0.3 is 6.16 Å². The van der Waals surface area contributed by atoms with E-state index in [0.29, 0.717) is 5.06 Å². The lowest BCUT2D eigenvalue weighted by molar-refractivity contribution is -0.177. The zero-order valence-corrected chi connectivity index (χ0v) is 8.16. The van der Waals surface area contributed by atoms with Crippen molar-refractivity contribution in [1.82, 2.24) is 5.06 Å². The summed E-state index contributed by atoms with van der Waals surface area (Å²) in [5, 5.41) is 3.48. The van der Waals surface area contributed by atoms with Gasteiger partial charge in [0.2, 0.25) is 0 Å². The summed E-state index contributed by atoms with van der Waals surface area (Å²) in [7, 11) is 0. The lowest BCUT2D eigenvalue weighted by atomic mass is 10.4. The van der Waals surface area contributed by atoms with Crippen molar-refractivity contribution in [2.75, 3.05) is 13.2 Å². The summed E-state index contributed by atoms with van der Waals surface area (Å²) < 4.78 is 4.43. The molecular formula is C7H8N4O5. The Labute approximate surface area is 89.5 Å². The molecule has 9 nitrogen and oxygen atoms in total. The van der Waals surface area contributed by atoms with Gasteiger partial charge in [0.25, 0.3) is 11.8 Å². The normalized spacial score (nSPS) is 14.6. The summed E-state index contributed by atoms with van der Waals surface area (Å²) >= 11 is 0. The van der Waals surface area contributed by atoms with Crippen molar-refractivity contribution in [3.8, 4) is 0 Å². The van der Waals surface area contributed by atoms with Gasteiger partial charge in [-0.15, -0.1) is 0 Å². The molecule has 0 spiro atoms. The minimum Gasteiger partial charge on any atom is -0.433 e. The molecule has 0 radical (unpaired) electrons. The molecule has 0 saturated carbocycles. The van der Waals surface area contributed by atoms with Crippen LogP contribution in [0.1, 0.15) is 12.8 Å². The Morgan fingerprint density at radius 3 is 2.62 bits per heavy atom. The molecule has 1 aliphatic heterocycles. The Morgan fingerprint density at radius 1 is 1.44 bits per heavy atom. The van der Waals surface area contributed by atoms with Crippen LogP contribution in [-0.2, 0) is 19.2 Å². The van der Waals surface area contributed by atoms with E-state index in [4.69, 9.17) is 5.53 Å². The fourth-order valence-corrected chi connectivity index (χ4v) is 0.973. The average molecular weight is 228 g/mol. The van der Waals surface area contributed by atoms with Crippen LogP contribution >= 0.6 is 0 Å². The first kappa shape index (κ1) is 11.8. The molecule has 9 heteroatoms. The van der Waals surface area contributed by atoms with Crippen molar-refractivity contribution >= 4 is 18.0 Å². The monoisotopic (exact) mass is 228 g/mol. The van der Waals surface area contributed by atoms with Crippen molar-refractivity contribution in [2.24, 2.45) is 5.11 Å². The molecule has 0 aromatic heterocycles. The summed E-state index contributed by atoms with van der Waals surface area (Å²) in [6.07, 6.45) is -1.15. The lowest BCUT2D eigenvalue weighted by Gasteiger charge is -2.11. The quantitative estimate of drug-likeness (QED) is 0.173. The van der Waals surface area contributed by atoms with Crippen LogP contribution in [0.4, 0.5) is 4.79 Å². The van der Waals surface area contributed by atoms with E-state index in [2.05, 4.69) is 19.6 Å². The molecule has 16 heavy (non-hydrogen) atoms. The Balaban J connectivity index is 2.31. The van der Waals surface area contributed by atoms with Crippen LogP contribution in [0, 0.1) is 0 Å². The number of hydroxylamine groups is 2. The highest BCUT2D eigenvalue weighted by Crippen LogP contribution is 2.12. The van der Waals surface area contributed by atoms with E-state index < -0.39 is 18.0 Å². The summed E-state index contributed by atoms with van der Waals surface area (Å²) in [5.74, 6) is -1.17. The van der Waals surface area contributed by atoms with Gasteiger partial charge in [0.15, 0.2) is 0 Å². The van der Waals surface area contributed by atoms with Gasteiger partial charge in [-0.05, 0) is 5.53 Å². The standard InChI is InChI=1S/C7H8N4O5/c8-10-9-3-4-15-7(14)16-11-5(12)1-2-6(11)13/h1-4H2. The molecule has 1 saturated heterocycles. The van der Waals surface area contributed by atoms with Crippen LogP contribution < -0.4 is 0 Å². The molecule has 1 heterocycles.